The molecule has 2 aromatic heterocycles. The summed E-state index contributed by atoms with van der Waals surface area (Å²) in [5, 5.41) is 16.0. The Morgan fingerprint density at radius 2 is 2.31 bits per heavy atom. The second kappa shape index (κ2) is 5.22. The molecular weight excluding hydrogens is 208 g/mol. The van der Waals surface area contributed by atoms with Gasteiger partial charge in [0.2, 0.25) is 5.88 Å². The van der Waals surface area contributed by atoms with E-state index in [9.17, 15) is 5.11 Å². The maximum atomic E-state index is 9.64. The first-order valence-corrected chi connectivity index (χ1v) is 4.91. The Morgan fingerprint density at radius 1 is 1.38 bits per heavy atom. The molecule has 0 bridgehead atoms. The Kier molecular flexibility index (Phi) is 3.45. The van der Waals surface area contributed by atoms with E-state index in [1.165, 1.54) is 6.33 Å². The quantitative estimate of drug-likeness (QED) is 0.751. The number of H-pyrrole nitrogens is 1. The minimum absolute atomic E-state index is 0.178. The molecule has 0 fully saturated rings. The highest BCUT2D eigenvalue weighted by atomic mass is 16.5. The van der Waals surface area contributed by atoms with E-state index in [1.54, 1.807) is 18.3 Å². The summed E-state index contributed by atoms with van der Waals surface area (Å²) in [6, 6.07) is 5.37. The molecule has 0 aliphatic rings. The number of aromatic nitrogens is 4. The number of hydrogen-bond acceptors (Lipinski definition) is 5. The third-order valence-corrected chi connectivity index (χ3v) is 1.96. The molecule has 1 unspecified atom stereocenters. The average Bonchev–Trinajstić information content (AvgIpc) is 2.81. The molecule has 2 heterocycles. The van der Waals surface area contributed by atoms with Crippen LogP contribution in [0.1, 0.15) is 5.82 Å². The fourth-order valence-corrected chi connectivity index (χ4v) is 1.23. The molecule has 6 nitrogen and oxygen atoms in total. The van der Waals surface area contributed by atoms with Gasteiger partial charge in [0.15, 0.2) is 0 Å². The molecule has 6 heteroatoms. The van der Waals surface area contributed by atoms with Gasteiger partial charge in [0.05, 0.1) is 6.10 Å². The third kappa shape index (κ3) is 3.03. The summed E-state index contributed by atoms with van der Waals surface area (Å²) in [5.41, 5.74) is 0. The molecule has 2 aromatic rings. The monoisotopic (exact) mass is 220 g/mol. The number of rotatable bonds is 5. The van der Waals surface area contributed by atoms with Gasteiger partial charge in [-0.05, 0) is 6.07 Å². The van der Waals surface area contributed by atoms with Gasteiger partial charge < -0.3 is 9.84 Å². The highest BCUT2D eigenvalue weighted by Crippen LogP contribution is 2.04. The van der Waals surface area contributed by atoms with E-state index in [0.717, 1.165) is 0 Å². The zero-order valence-corrected chi connectivity index (χ0v) is 8.58. The zero-order chi connectivity index (χ0) is 11.2. The molecule has 16 heavy (non-hydrogen) atoms. The van der Waals surface area contributed by atoms with Crippen molar-refractivity contribution in [1.82, 2.24) is 20.2 Å². The molecule has 0 spiro atoms. The lowest BCUT2D eigenvalue weighted by Gasteiger charge is -2.09. The van der Waals surface area contributed by atoms with E-state index >= 15 is 0 Å². The average molecular weight is 220 g/mol. The van der Waals surface area contributed by atoms with Crippen molar-refractivity contribution in [1.29, 1.82) is 0 Å². The van der Waals surface area contributed by atoms with Crippen LogP contribution in [0.3, 0.4) is 0 Å². The second-order valence-corrected chi connectivity index (χ2v) is 3.27. The summed E-state index contributed by atoms with van der Waals surface area (Å²) in [4.78, 5) is 7.89. The summed E-state index contributed by atoms with van der Waals surface area (Å²) in [6.45, 7) is 0.178. The Bertz CT molecular complexity index is 404. The summed E-state index contributed by atoms with van der Waals surface area (Å²) >= 11 is 0. The Morgan fingerprint density at radius 3 is 3.00 bits per heavy atom. The van der Waals surface area contributed by atoms with E-state index < -0.39 is 6.10 Å². The summed E-state index contributed by atoms with van der Waals surface area (Å²) in [5.74, 6) is 1.14. The Labute approximate surface area is 92.3 Å². The van der Waals surface area contributed by atoms with Crippen LogP contribution in [0.25, 0.3) is 0 Å². The highest BCUT2D eigenvalue weighted by molar-refractivity contribution is 5.09. The van der Waals surface area contributed by atoms with Gasteiger partial charge in [-0.2, -0.15) is 5.10 Å². The maximum Gasteiger partial charge on any atom is 0.213 e. The fraction of sp³-hybridized carbons (Fsp3) is 0.300. The molecule has 0 aliphatic heterocycles. The van der Waals surface area contributed by atoms with Crippen LogP contribution in [-0.4, -0.2) is 38.0 Å². The number of aromatic amines is 1. The van der Waals surface area contributed by atoms with E-state index in [1.807, 2.05) is 6.07 Å². The van der Waals surface area contributed by atoms with Crippen LogP contribution >= 0.6 is 0 Å². The number of nitrogens with zero attached hydrogens (tertiary/aromatic N) is 3. The molecule has 2 rings (SSSR count). The first kappa shape index (κ1) is 10.6. The van der Waals surface area contributed by atoms with Gasteiger partial charge in [0.1, 0.15) is 18.8 Å². The van der Waals surface area contributed by atoms with Crippen molar-refractivity contribution < 1.29 is 9.84 Å². The number of nitrogens with one attached hydrogen (secondary N) is 1. The minimum Gasteiger partial charge on any atom is -0.475 e. The lowest BCUT2D eigenvalue weighted by atomic mass is 10.2. The lowest BCUT2D eigenvalue weighted by molar-refractivity contribution is 0.103. The van der Waals surface area contributed by atoms with Crippen LogP contribution in [0.4, 0.5) is 0 Å². The van der Waals surface area contributed by atoms with Gasteiger partial charge in [0, 0.05) is 18.7 Å². The molecular formula is C10H12N4O2. The highest BCUT2D eigenvalue weighted by Gasteiger charge is 2.08. The molecule has 0 saturated heterocycles. The normalized spacial score (nSPS) is 12.3. The van der Waals surface area contributed by atoms with E-state index in [0.29, 0.717) is 18.1 Å². The largest absolute Gasteiger partial charge is 0.475 e. The second-order valence-electron chi connectivity index (χ2n) is 3.27. The number of ether oxygens (including phenoxy) is 1. The smallest absolute Gasteiger partial charge is 0.213 e. The first-order valence-electron chi connectivity index (χ1n) is 4.91. The zero-order valence-electron chi connectivity index (χ0n) is 8.58. The van der Waals surface area contributed by atoms with Crippen molar-refractivity contribution in [3.63, 3.8) is 0 Å². The van der Waals surface area contributed by atoms with Crippen molar-refractivity contribution in [2.45, 2.75) is 12.5 Å². The Balaban J connectivity index is 1.78. The number of aliphatic hydroxyl groups excluding tert-OH is 1. The molecule has 0 aliphatic carbocycles. The van der Waals surface area contributed by atoms with Gasteiger partial charge in [-0.15, -0.1) is 0 Å². The van der Waals surface area contributed by atoms with Gasteiger partial charge in [-0.3, -0.25) is 5.10 Å². The van der Waals surface area contributed by atoms with Crippen molar-refractivity contribution in [2.24, 2.45) is 0 Å². The van der Waals surface area contributed by atoms with Gasteiger partial charge in [-0.1, -0.05) is 6.07 Å². The first-order chi connectivity index (χ1) is 7.84. The van der Waals surface area contributed by atoms with Gasteiger partial charge in [0.25, 0.3) is 0 Å². The topological polar surface area (TPSA) is 83.9 Å². The fourth-order valence-electron chi connectivity index (χ4n) is 1.23. The molecule has 1 atom stereocenters. The molecule has 84 valence electrons. The van der Waals surface area contributed by atoms with Crippen molar-refractivity contribution in [2.75, 3.05) is 6.61 Å². The van der Waals surface area contributed by atoms with Crippen molar-refractivity contribution in [3.05, 3.63) is 36.5 Å². The van der Waals surface area contributed by atoms with Crippen LogP contribution in [0.2, 0.25) is 0 Å². The molecule has 0 amide bonds. The van der Waals surface area contributed by atoms with E-state index in [4.69, 9.17) is 4.74 Å². The van der Waals surface area contributed by atoms with Crippen molar-refractivity contribution >= 4 is 0 Å². The molecule has 0 saturated carbocycles. The van der Waals surface area contributed by atoms with E-state index in [-0.39, 0.29) is 6.61 Å². The van der Waals surface area contributed by atoms with Crippen LogP contribution in [-0.2, 0) is 6.42 Å². The van der Waals surface area contributed by atoms with E-state index in [2.05, 4.69) is 20.2 Å². The van der Waals surface area contributed by atoms with Crippen LogP contribution in [0, 0.1) is 0 Å². The summed E-state index contributed by atoms with van der Waals surface area (Å²) in [7, 11) is 0. The minimum atomic E-state index is -0.630. The lowest BCUT2D eigenvalue weighted by Crippen LogP contribution is -2.21. The SMILES string of the molecule is OC(COc1ccccn1)Cc1ncn[nH]1. The van der Waals surface area contributed by atoms with Crippen LogP contribution in [0.15, 0.2) is 30.7 Å². The maximum absolute atomic E-state index is 9.64. The number of pyridine rings is 1. The third-order valence-electron chi connectivity index (χ3n) is 1.96. The predicted molar refractivity (Wildman–Crippen MR) is 55.8 cm³/mol. The summed E-state index contributed by atoms with van der Waals surface area (Å²) in [6.07, 6.45) is 2.79. The molecule has 0 radical (unpaired) electrons. The van der Waals surface area contributed by atoms with Crippen LogP contribution in [0.5, 0.6) is 5.88 Å². The Hall–Kier alpha value is -1.95. The summed E-state index contributed by atoms with van der Waals surface area (Å²) < 4.78 is 5.29. The standard InChI is InChI=1S/C10H12N4O2/c15-8(5-9-12-7-13-14-9)6-16-10-3-1-2-4-11-10/h1-4,7-8,15H,5-6H2,(H,12,13,14). The van der Waals surface area contributed by atoms with Crippen molar-refractivity contribution in [3.8, 4) is 5.88 Å². The molecule has 2 N–H and O–H groups in total. The predicted octanol–water partition coefficient (Wildman–Crippen LogP) is 0.182. The molecule has 0 aromatic carbocycles. The van der Waals surface area contributed by atoms with Gasteiger partial charge >= 0.3 is 0 Å². The van der Waals surface area contributed by atoms with Gasteiger partial charge in [-0.25, -0.2) is 9.97 Å². The number of aliphatic hydroxyl groups is 1. The van der Waals surface area contributed by atoms with Crippen LogP contribution < -0.4 is 4.74 Å². The number of hydrogen-bond donors (Lipinski definition) is 2.